The van der Waals surface area contributed by atoms with Crippen LogP contribution in [0.3, 0.4) is 0 Å². The van der Waals surface area contributed by atoms with E-state index in [1.807, 2.05) is 56.5 Å². The molecule has 0 unspecified atom stereocenters. The minimum atomic E-state index is -4.09. The molecule has 1 aliphatic carbocycles. The van der Waals surface area contributed by atoms with Crippen molar-refractivity contribution < 1.29 is 18.0 Å². The lowest BCUT2D eigenvalue weighted by Crippen LogP contribution is -2.53. The highest BCUT2D eigenvalue weighted by Gasteiger charge is 2.33. The van der Waals surface area contributed by atoms with Crippen LogP contribution in [-0.2, 0) is 26.2 Å². The first-order valence-electron chi connectivity index (χ1n) is 14.5. The molecule has 3 aromatic rings. The second-order valence-electron chi connectivity index (χ2n) is 11.0. The van der Waals surface area contributed by atoms with Crippen LogP contribution in [0.15, 0.2) is 82.6 Å². The minimum Gasteiger partial charge on any atom is -0.352 e. The predicted octanol–water partition coefficient (Wildman–Crippen LogP) is 6.09. The molecule has 0 saturated heterocycles. The molecule has 224 valence electrons. The molecule has 0 radical (unpaired) electrons. The van der Waals surface area contributed by atoms with Gasteiger partial charge in [0.15, 0.2) is 0 Å². The SMILES string of the molecule is CSc1ccc(S(=O)(=O)N(CC(=O)N(Cc2ccccc2C)[C@H](C)C(=O)NC2CCCCC2)c2ccc(C)cc2)cc1. The number of nitrogens with one attached hydrogen (secondary N) is 1. The molecule has 1 atom stereocenters. The molecule has 1 saturated carbocycles. The molecular weight excluding hydrogens is 567 g/mol. The summed E-state index contributed by atoms with van der Waals surface area (Å²) in [5.74, 6) is -0.671. The number of rotatable bonds is 11. The number of hydrogen-bond donors (Lipinski definition) is 1. The summed E-state index contributed by atoms with van der Waals surface area (Å²) in [4.78, 5) is 30.2. The van der Waals surface area contributed by atoms with E-state index in [2.05, 4.69) is 5.32 Å². The predicted molar refractivity (Wildman–Crippen MR) is 170 cm³/mol. The highest BCUT2D eigenvalue weighted by Crippen LogP contribution is 2.27. The highest BCUT2D eigenvalue weighted by molar-refractivity contribution is 7.98. The third-order valence-electron chi connectivity index (χ3n) is 7.97. The summed E-state index contributed by atoms with van der Waals surface area (Å²) in [6.45, 7) is 5.36. The van der Waals surface area contributed by atoms with Gasteiger partial charge in [-0.1, -0.05) is 61.2 Å². The van der Waals surface area contributed by atoms with E-state index in [1.54, 1.807) is 43.3 Å². The van der Waals surface area contributed by atoms with Crippen molar-refractivity contribution in [3.05, 3.63) is 89.5 Å². The number of carbonyl (C=O) groups excluding carboxylic acids is 2. The summed E-state index contributed by atoms with van der Waals surface area (Å²) in [5, 5.41) is 3.15. The van der Waals surface area contributed by atoms with Gasteiger partial charge in [0.05, 0.1) is 10.6 Å². The van der Waals surface area contributed by atoms with Crippen molar-refractivity contribution in [3.63, 3.8) is 0 Å². The van der Waals surface area contributed by atoms with Gasteiger partial charge in [0.25, 0.3) is 10.0 Å². The molecule has 0 aromatic heterocycles. The number of anilines is 1. The Bertz CT molecular complexity index is 1470. The molecule has 0 aliphatic heterocycles. The maximum Gasteiger partial charge on any atom is 0.264 e. The van der Waals surface area contributed by atoms with Gasteiger partial charge in [0.2, 0.25) is 11.8 Å². The first-order valence-corrected chi connectivity index (χ1v) is 17.1. The normalized spacial score (nSPS) is 14.7. The van der Waals surface area contributed by atoms with E-state index < -0.39 is 28.5 Å². The summed E-state index contributed by atoms with van der Waals surface area (Å²) in [6, 6.07) is 20.8. The Morgan fingerprint density at radius 2 is 1.57 bits per heavy atom. The van der Waals surface area contributed by atoms with Crippen LogP contribution >= 0.6 is 11.8 Å². The number of sulfonamides is 1. The Balaban J connectivity index is 1.68. The number of amides is 2. The molecule has 1 aliphatic rings. The highest BCUT2D eigenvalue weighted by atomic mass is 32.2. The van der Waals surface area contributed by atoms with Crippen LogP contribution in [0.4, 0.5) is 5.69 Å². The van der Waals surface area contributed by atoms with Gasteiger partial charge in [-0.15, -0.1) is 11.8 Å². The summed E-state index contributed by atoms with van der Waals surface area (Å²) < 4.78 is 29.2. The summed E-state index contributed by atoms with van der Waals surface area (Å²) in [5.41, 5.74) is 3.26. The van der Waals surface area contributed by atoms with E-state index in [4.69, 9.17) is 0 Å². The van der Waals surface area contributed by atoms with Crippen molar-refractivity contribution in [2.75, 3.05) is 17.1 Å². The van der Waals surface area contributed by atoms with Gasteiger partial charge in [-0.25, -0.2) is 8.42 Å². The molecule has 1 fully saturated rings. The lowest BCUT2D eigenvalue weighted by atomic mass is 9.95. The fourth-order valence-electron chi connectivity index (χ4n) is 5.24. The lowest BCUT2D eigenvalue weighted by Gasteiger charge is -2.33. The number of hydrogen-bond acceptors (Lipinski definition) is 5. The monoisotopic (exact) mass is 607 g/mol. The molecular formula is C33H41N3O4S2. The van der Waals surface area contributed by atoms with Crippen LogP contribution in [0, 0.1) is 13.8 Å². The van der Waals surface area contributed by atoms with Crippen molar-refractivity contribution in [2.24, 2.45) is 0 Å². The average molecular weight is 608 g/mol. The molecule has 1 N–H and O–H groups in total. The van der Waals surface area contributed by atoms with Crippen molar-refractivity contribution in [1.29, 1.82) is 0 Å². The number of benzene rings is 3. The van der Waals surface area contributed by atoms with E-state index in [9.17, 15) is 18.0 Å². The third-order valence-corrected chi connectivity index (χ3v) is 10.5. The van der Waals surface area contributed by atoms with E-state index in [-0.39, 0.29) is 23.4 Å². The van der Waals surface area contributed by atoms with Crippen LogP contribution in [0.2, 0.25) is 0 Å². The van der Waals surface area contributed by atoms with Crippen molar-refractivity contribution in [2.45, 2.75) is 81.3 Å². The van der Waals surface area contributed by atoms with Crippen LogP contribution in [0.25, 0.3) is 0 Å². The van der Waals surface area contributed by atoms with Gasteiger partial charge in [0.1, 0.15) is 12.6 Å². The second-order valence-corrected chi connectivity index (χ2v) is 13.7. The Morgan fingerprint density at radius 3 is 2.19 bits per heavy atom. The second kappa shape index (κ2) is 14.2. The van der Waals surface area contributed by atoms with Crippen LogP contribution in [0.5, 0.6) is 0 Å². The van der Waals surface area contributed by atoms with Crippen LogP contribution in [0.1, 0.15) is 55.7 Å². The lowest BCUT2D eigenvalue weighted by molar-refractivity contribution is -0.139. The van der Waals surface area contributed by atoms with Gasteiger partial charge in [-0.3, -0.25) is 13.9 Å². The van der Waals surface area contributed by atoms with E-state index in [0.717, 1.165) is 51.6 Å². The molecule has 0 bridgehead atoms. The summed E-state index contributed by atoms with van der Waals surface area (Å²) in [6.07, 6.45) is 7.11. The Kier molecular flexibility index (Phi) is 10.7. The van der Waals surface area contributed by atoms with Crippen LogP contribution < -0.4 is 9.62 Å². The third kappa shape index (κ3) is 7.75. The van der Waals surface area contributed by atoms with Crippen molar-refractivity contribution in [3.8, 4) is 0 Å². The van der Waals surface area contributed by atoms with E-state index in [0.29, 0.717) is 5.69 Å². The van der Waals surface area contributed by atoms with Gasteiger partial charge in [0, 0.05) is 17.5 Å². The summed E-state index contributed by atoms with van der Waals surface area (Å²) >= 11 is 1.52. The Hall–Kier alpha value is -3.30. The zero-order valence-corrected chi connectivity index (χ0v) is 26.5. The van der Waals surface area contributed by atoms with Crippen molar-refractivity contribution in [1.82, 2.24) is 10.2 Å². The molecule has 3 aromatic carbocycles. The van der Waals surface area contributed by atoms with Crippen molar-refractivity contribution >= 4 is 39.3 Å². The number of carbonyl (C=O) groups is 2. The van der Waals surface area contributed by atoms with Crippen LogP contribution in [-0.4, -0.2) is 50.0 Å². The average Bonchev–Trinajstić information content (AvgIpc) is 3.00. The molecule has 0 spiro atoms. The molecule has 42 heavy (non-hydrogen) atoms. The smallest absolute Gasteiger partial charge is 0.264 e. The summed E-state index contributed by atoms with van der Waals surface area (Å²) in [7, 11) is -4.09. The Labute approximate surface area is 254 Å². The number of thioether (sulfide) groups is 1. The van der Waals surface area contributed by atoms with Gasteiger partial charge >= 0.3 is 0 Å². The van der Waals surface area contributed by atoms with Gasteiger partial charge in [-0.2, -0.15) is 0 Å². The Morgan fingerprint density at radius 1 is 0.929 bits per heavy atom. The topological polar surface area (TPSA) is 86.8 Å². The zero-order chi connectivity index (χ0) is 30.3. The standard InChI is InChI=1S/C33H41N3O4S2/c1-24-14-16-29(17-15-24)36(42(39,40)31-20-18-30(41-4)19-21-31)23-32(37)35(22-27-11-9-8-10-25(27)2)26(3)33(38)34-28-12-6-5-7-13-28/h8-11,14-21,26,28H,5-7,12-13,22-23H2,1-4H3,(H,34,38)/t26-/m1/s1. The first kappa shape index (κ1) is 31.6. The molecule has 7 nitrogen and oxygen atoms in total. The zero-order valence-electron chi connectivity index (χ0n) is 24.9. The van der Waals surface area contributed by atoms with E-state index >= 15 is 0 Å². The maximum absolute atomic E-state index is 14.2. The molecule has 0 heterocycles. The maximum atomic E-state index is 14.2. The van der Waals surface area contributed by atoms with E-state index in [1.165, 1.54) is 23.1 Å². The fourth-order valence-corrected chi connectivity index (χ4v) is 7.06. The molecule has 2 amide bonds. The molecule has 4 rings (SSSR count). The number of aryl methyl sites for hydroxylation is 2. The largest absolute Gasteiger partial charge is 0.352 e. The minimum absolute atomic E-state index is 0.0952. The number of nitrogens with zero attached hydrogens (tertiary/aromatic N) is 2. The first-order chi connectivity index (χ1) is 20.1. The van der Waals surface area contributed by atoms with Gasteiger partial charge in [-0.05, 0) is 87.4 Å². The fraction of sp³-hybridized carbons (Fsp3) is 0.394. The quantitative estimate of drug-likeness (QED) is 0.267. The van der Waals surface area contributed by atoms with Gasteiger partial charge < -0.3 is 10.2 Å². The molecule has 9 heteroatoms.